The number of carbonyl (C=O) groups excluding carboxylic acids is 1. The van der Waals surface area contributed by atoms with Crippen molar-refractivity contribution in [3.8, 4) is 0 Å². The molecule has 3 aromatic rings. The molecular formula is C25H28N4O4. The van der Waals surface area contributed by atoms with Crippen LogP contribution in [0.15, 0.2) is 36.5 Å². The monoisotopic (exact) mass is 448 g/mol. The highest BCUT2D eigenvalue weighted by Crippen LogP contribution is 2.38. The molecule has 0 radical (unpaired) electrons. The van der Waals surface area contributed by atoms with Gasteiger partial charge in [-0.25, -0.2) is 14.8 Å². The molecule has 0 saturated carbocycles. The van der Waals surface area contributed by atoms with Gasteiger partial charge in [0, 0.05) is 47.2 Å². The fourth-order valence-electron chi connectivity index (χ4n) is 4.51. The summed E-state index contributed by atoms with van der Waals surface area (Å²) in [4.78, 5) is 23.7. The maximum absolute atomic E-state index is 12.1. The standard InChI is InChI=1S/C25H28N4O4/c1-24(2,31)18-7-8-20(29-9-11-32-12-10-29)17-14-26-23(28-21(17)18)27-15-5-6-16-19(13-15)25(3,4)33-22(16)30/h5-8,13-14,31H,9-12H2,1-4H3,(H,26,27,28). The summed E-state index contributed by atoms with van der Waals surface area (Å²) in [6, 6.07) is 9.43. The van der Waals surface area contributed by atoms with Crippen molar-refractivity contribution in [1.82, 2.24) is 9.97 Å². The fourth-order valence-corrected chi connectivity index (χ4v) is 4.51. The Morgan fingerprint density at radius 1 is 1.15 bits per heavy atom. The second-order valence-corrected chi connectivity index (χ2v) is 9.53. The van der Waals surface area contributed by atoms with Gasteiger partial charge in [0.15, 0.2) is 0 Å². The van der Waals surface area contributed by atoms with Gasteiger partial charge in [-0.2, -0.15) is 0 Å². The van der Waals surface area contributed by atoms with Crippen LogP contribution in [0.25, 0.3) is 10.9 Å². The molecule has 3 heterocycles. The van der Waals surface area contributed by atoms with E-state index in [9.17, 15) is 9.90 Å². The Kier molecular flexibility index (Phi) is 5.02. The van der Waals surface area contributed by atoms with Gasteiger partial charge in [-0.15, -0.1) is 0 Å². The van der Waals surface area contributed by atoms with E-state index in [1.165, 1.54) is 0 Å². The van der Waals surface area contributed by atoms with Crippen LogP contribution in [0.2, 0.25) is 0 Å². The molecule has 0 unspecified atom stereocenters. The number of benzene rings is 2. The van der Waals surface area contributed by atoms with Crippen molar-refractivity contribution >= 4 is 34.2 Å². The molecule has 8 nitrogen and oxygen atoms in total. The number of aromatic nitrogens is 2. The van der Waals surface area contributed by atoms with Crippen LogP contribution in [0.1, 0.15) is 49.2 Å². The molecule has 2 aliphatic rings. The van der Waals surface area contributed by atoms with Crippen molar-refractivity contribution in [3.63, 3.8) is 0 Å². The molecule has 5 rings (SSSR count). The normalized spacial score (nSPS) is 17.7. The average Bonchev–Trinajstić information content (AvgIpc) is 3.00. The predicted molar refractivity (Wildman–Crippen MR) is 126 cm³/mol. The number of hydrogen-bond donors (Lipinski definition) is 2. The number of fused-ring (bicyclic) bond motifs is 2. The van der Waals surface area contributed by atoms with E-state index < -0.39 is 11.2 Å². The van der Waals surface area contributed by atoms with Gasteiger partial charge >= 0.3 is 5.97 Å². The summed E-state index contributed by atoms with van der Waals surface area (Å²) in [7, 11) is 0. The highest BCUT2D eigenvalue weighted by Gasteiger charge is 2.37. The van der Waals surface area contributed by atoms with Gasteiger partial charge in [0.1, 0.15) is 5.60 Å². The molecule has 1 aromatic heterocycles. The number of ether oxygens (including phenoxy) is 2. The molecule has 172 valence electrons. The first-order chi connectivity index (χ1) is 15.6. The Labute approximate surface area is 192 Å². The van der Waals surface area contributed by atoms with Crippen LogP contribution in [0, 0.1) is 0 Å². The summed E-state index contributed by atoms with van der Waals surface area (Å²) in [5.74, 6) is 0.101. The summed E-state index contributed by atoms with van der Waals surface area (Å²) in [5, 5.41) is 14.9. The minimum atomic E-state index is -1.07. The first kappa shape index (κ1) is 21.6. The smallest absolute Gasteiger partial charge is 0.339 e. The third-order valence-electron chi connectivity index (χ3n) is 6.23. The lowest BCUT2D eigenvalue weighted by atomic mass is 9.95. The third-order valence-corrected chi connectivity index (χ3v) is 6.23. The van der Waals surface area contributed by atoms with E-state index in [4.69, 9.17) is 14.5 Å². The van der Waals surface area contributed by atoms with Crippen molar-refractivity contribution in [2.45, 2.75) is 38.9 Å². The summed E-state index contributed by atoms with van der Waals surface area (Å²) < 4.78 is 11.0. The average molecular weight is 449 g/mol. The number of cyclic esters (lactones) is 1. The maximum Gasteiger partial charge on any atom is 0.339 e. The second kappa shape index (κ2) is 7.67. The Morgan fingerprint density at radius 3 is 2.64 bits per heavy atom. The molecule has 8 heteroatoms. The molecule has 33 heavy (non-hydrogen) atoms. The zero-order chi connectivity index (χ0) is 23.4. The van der Waals surface area contributed by atoms with Crippen molar-refractivity contribution < 1.29 is 19.4 Å². The summed E-state index contributed by atoms with van der Waals surface area (Å²) >= 11 is 0. The minimum absolute atomic E-state index is 0.311. The van der Waals surface area contributed by atoms with Crippen LogP contribution in [0.5, 0.6) is 0 Å². The molecule has 0 spiro atoms. The van der Waals surface area contributed by atoms with Crippen molar-refractivity contribution in [2.75, 3.05) is 36.5 Å². The number of carbonyl (C=O) groups is 1. The van der Waals surface area contributed by atoms with Crippen LogP contribution in [-0.4, -0.2) is 47.3 Å². The molecule has 1 fully saturated rings. The van der Waals surface area contributed by atoms with Gasteiger partial charge in [-0.05, 0) is 52.0 Å². The molecular weight excluding hydrogens is 420 g/mol. The molecule has 0 aliphatic carbocycles. The molecule has 0 atom stereocenters. The Hall–Kier alpha value is -3.23. The summed E-state index contributed by atoms with van der Waals surface area (Å²) in [6.07, 6.45) is 1.80. The van der Waals surface area contributed by atoms with Crippen LogP contribution in [-0.2, 0) is 20.7 Å². The lowest BCUT2D eigenvalue weighted by molar-refractivity contribution is 0.00954. The fraction of sp³-hybridized carbons (Fsp3) is 0.400. The van der Waals surface area contributed by atoms with Crippen LogP contribution >= 0.6 is 0 Å². The molecule has 1 saturated heterocycles. The van der Waals surface area contributed by atoms with Crippen molar-refractivity contribution in [1.29, 1.82) is 0 Å². The lowest BCUT2D eigenvalue weighted by Gasteiger charge is -2.31. The highest BCUT2D eigenvalue weighted by atomic mass is 16.6. The van der Waals surface area contributed by atoms with Crippen molar-refractivity contribution in [2.24, 2.45) is 0 Å². The zero-order valence-electron chi connectivity index (χ0n) is 19.3. The van der Waals surface area contributed by atoms with Crippen molar-refractivity contribution in [3.05, 3.63) is 53.2 Å². The quantitative estimate of drug-likeness (QED) is 0.581. The highest BCUT2D eigenvalue weighted by molar-refractivity contribution is 5.96. The maximum atomic E-state index is 12.1. The van der Waals surface area contributed by atoms with E-state index in [0.29, 0.717) is 30.2 Å². The first-order valence-electron chi connectivity index (χ1n) is 11.1. The number of hydrogen-bond acceptors (Lipinski definition) is 8. The topological polar surface area (TPSA) is 96.8 Å². The van der Waals surface area contributed by atoms with Crippen LogP contribution in [0.3, 0.4) is 0 Å². The zero-order valence-corrected chi connectivity index (χ0v) is 19.3. The Balaban J connectivity index is 1.56. The van der Waals surface area contributed by atoms with E-state index >= 15 is 0 Å². The number of aliphatic hydroxyl groups is 1. The predicted octanol–water partition coefficient (Wildman–Crippen LogP) is 3.84. The SMILES string of the molecule is CC(C)(O)c1ccc(N2CCOCC2)c2cnc(Nc3ccc4c(c3)C(C)(C)OC4=O)nc12. The molecule has 2 aliphatic heterocycles. The number of nitrogens with zero attached hydrogens (tertiary/aromatic N) is 3. The molecule has 2 N–H and O–H groups in total. The Morgan fingerprint density at radius 2 is 1.91 bits per heavy atom. The van der Waals surface area contributed by atoms with E-state index in [2.05, 4.69) is 15.2 Å². The number of nitrogens with one attached hydrogen (secondary N) is 1. The summed E-state index contributed by atoms with van der Waals surface area (Å²) in [6.45, 7) is 10.2. The molecule has 0 bridgehead atoms. The number of anilines is 3. The summed E-state index contributed by atoms with van der Waals surface area (Å²) in [5.41, 5.74) is 2.86. The minimum Gasteiger partial charge on any atom is -0.451 e. The van der Waals surface area contributed by atoms with Gasteiger partial charge in [0.05, 0.1) is 29.9 Å². The van der Waals surface area contributed by atoms with Gasteiger partial charge in [-0.3, -0.25) is 0 Å². The third kappa shape index (κ3) is 3.89. The number of morpholine rings is 1. The van der Waals surface area contributed by atoms with Crippen LogP contribution in [0.4, 0.5) is 17.3 Å². The van der Waals surface area contributed by atoms with Gasteiger partial charge in [0.2, 0.25) is 5.95 Å². The van der Waals surface area contributed by atoms with Gasteiger partial charge in [0.25, 0.3) is 0 Å². The lowest BCUT2D eigenvalue weighted by Crippen LogP contribution is -2.36. The van der Waals surface area contributed by atoms with Gasteiger partial charge in [-0.1, -0.05) is 6.07 Å². The second-order valence-electron chi connectivity index (χ2n) is 9.53. The Bertz CT molecular complexity index is 1240. The van der Waals surface area contributed by atoms with Gasteiger partial charge < -0.3 is 24.8 Å². The van der Waals surface area contributed by atoms with E-state index in [-0.39, 0.29) is 5.97 Å². The molecule has 0 amide bonds. The van der Waals surface area contributed by atoms with Crippen LogP contribution < -0.4 is 10.2 Å². The van der Waals surface area contributed by atoms with E-state index in [1.54, 1.807) is 26.1 Å². The number of rotatable bonds is 4. The largest absolute Gasteiger partial charge is 0.451 e. The van der Waals surface area contributed by atoms with E-state index in [1.807, 2.05) is 38.1 Å². The molecule has 2 aromatic carbocycles. The van der Waals surface area contributed by atoms with E-state index in [0.717, 1.165) is 41.0 Å². The first-order valence-corrected chi connectivity index (χ1v) is 11.1. The number of esters is 1.